The van der Waals surface area contributed by atoms with Crippen LogP contribution in [0.25, 0.3) is 0 Å². The molecule has 1 fully saturated rings. The van der Waals surface area contributed by atoms with Crippen LogP contribution >= 0.6 is 11.8 Å². The largest absolute Gasteiger partial charge is 0.315 e. The fourth-order valence-corrected chi connectivity index (χ4v) is 3.19. The Kier molecular flexibility index (Phi) is 6.02. The standard InChI is InChI=1S/C12H26N2S/c1-4-7-13-9-11(2)14-10-12(3)6-5-8-15-12/h11,13-14H,4-10H2,1-3H3. The summed E-state index contributed by atoms with van der Waals surface area (Å²) in [6.45, 7) is 10.3. The molecule has 15 heavy (non-hydrogen) atoms. The van der Waals surface area contributed by atoms with Crippen LogP contribution in [0.3, 0.4) is 0 Å². The Morgan fingerprint density at radius 2 is 2.27 bits per heavy atom. The first-order chi connectivity index (χ1) is 7.16. The third-order valence-electron chi connectivity index (χ3n) is 3.00. The van der Waals surface area contributed by atoms with Crippen molar-refractivity contribution in [3.05, 3.63) is 0 Å². The summed E-state index contributed by atoms with van der Waals surface area (Å²) in [5.41, 5.74) is 0. The van der Waals surface area contributed by atoms with E-state index in [1.807, 2.05) is 0 Å². The molecule has 90 valence electrons. The van der Waals surface area contributed by atoms with E-state index >= 15 is 0 Å². The summed E-state index contributed by atoms with van der Waals surface area (Å²) in [7, 11) is 0. The van der Waals surface area contributed by atoms with Crippen LogP contribution < -0.4 is 10.6 Å². The van der Waals surface area contributed by atoms with Crippen LogP contribution in [0.5, 0.6) is 0 Å². The van der Waals surface area contributed by atoms with Gasteiger partial charge in [0, 0.05) is 23.9 Å². The lowest BCUT2D eigenvalue weighted by molar-refractivity contribution is 0.458. The van der Waals surface area contributed by atoms with E-state index in [0.29, 0.717) is 10.8 Å². The lowest BCUT2D eigenvalue weighted by Gasteiger charge is -2.25. The average Bonchev–Trinajstić information content (AvgIpc) is 2.64. The molecule has 2 unspecified atom stereocenters. The van der Waals surface area contributed by atoms with Gasteiger partial charge in [0.25, 0.3) is 0 Å². The third-order valence-corrected chi connectivity index (χ3v) is 4.54. The summed E-state index contributed by atoms with van der Waals surface area (Å²) in [5, 5.41) is 7.09. The van der Waals surface area contributed by atoms with Gasteiger partial charge in [-0.1, -0.05) is 6.92 Å². The fourth-order valence-electron chi connectivity index (χ4n) is 1.93. The first-order valence-electron chi connectivity index (χ1n) is 6.24. The van der Waals surface area contributed by atoms with Gasteiger partial charge in [0.05, 0.1) is 0 Å². The van der Waals surface area contributed by atoms with E-state index in [1.165, 1.54) is 25.0 Å². The van der Waals surface area contributed by atoms with Crippen molar-refractivity contribution in [3.63, 3.8) is 0 Å². The average molecular weight is 230 g/mol. The number of rotatable bonds is 7. The predicted octanol–water partition coefficient (Wildman–Crippen LogP) is 2.25. The minimum absolute atomic E-state index is 0.499. The Balaban J connectivity index is 2.07. The topological polar surface area (TPSA) is 24.1 Å². The lowest BCUT2D eigenvalue weighted by atomic mass is 10.1. The van der Waals surface area contributed by atoms with Crippen LogP contribution in [0, 0.1) is 0 Å². The molecule has 0 aliphatic carbocycles. The molecule has 0 saturated carbocycles. The zero-order valence-electron chi connectivity index (χ0n) is 10.4. The van der Waals surface area contributed by atoms with Gasteiger partial charge >= 0.3 is 0 Å². The molecule has 0 aromatic rings. The molecule has 0 spiro atoms. The van der Waals surface area contributed by atoms with Gasteiger partial charge in [-0.05, 0) is 45.4 Å². The van der Waals surface area contributed by atoms with Gasteiger partial charge in [-0.3, -0.25) is 0 Å². The minimum Gasteiger partial charge on any atom is -0.315 e. The van der Waals surface area contributed by atoms with Crippen molar-refractivity contribution < 1.29 is 0 Å². The summed E-state index contributed by atoms with van der Waals surface area (Å²) >= 11 is 2.13. The number of nitrogens with one attached hydrogen (secondary N) is 2. The van der Waals surface area contributed by atoms with Gasteiger partial charge in [-0.2, -0.15) is 11.8 Å². The van der Waals surface area contributed by atoms with Crippen LogP contribution in [0.2, 0.25) is 0 Å². The Bertz CT molecular complexity index is 167. The van der Waals surface area contributed by atoms with Crippen LogP contribution in [0.4, 0.5) is 0 Å². The summed E-state index contributed by atoms with van der Waals surface area (Å²) in [6, 6.07) is 0.592. The summed E-state index contributed by atoms with van der Waals surface area (Å²) in [4.78, 5) is 0. The highest BCUT2D eigenvalue weighted by molar-refractivity contribution is 8.00. The Hall–Kier alpha value is 0.270. The highest BCUT2D eigenvalue weighted by atomic mass is 32.2. The Morgan fingerprint density at radius 3 is 2.87 bits per heavy atom. The van der Waals surface area contributed by atoms with Crippen molar-refractivity contribution in [2.45, 2.75) is 50.8 Å². The van der Waals surface area contributed by atoms with Gasteiger partial charge < -0.3 is 10.6 Å². The molecule has 0 amide bonds. The maximum atomic E-state index is 3.64. The van der Waals surface area contributed by atoms with E-state index in [1.54, 1.807) is 0 Å². The molecule has 1 rings (SSSR count). The quantitative estimate of drug-likeness (QED) is 0.656. The fraction of sp³-hybridized carbons (Fsp3) is 1.00. The van der Waals surface area contributed by atoms with Crippen molar-refractivity contribution in [1.82, 2.24) is 10.6 Å². The van der Waals surface area contributed by atoms with Crippen molar-refractivity contribution in [3.8, 4) is 0 Å². The van der Waals surface area contributed by atoms with Gasteiger partial charge in [0.2, 0.25) is 0 Å². The molecule has 1 aliphatic rings. The molecular formula is C12H26N2S. The third kappa shape index (κ3) is 5.23. The second-order valence-corrected chi connectivity index (χ2v) is 6.57. The SMILES string of the molecule is CCCNCC(C)NCC1(C)CCCS1. The van der Waals surface area contributed by atoms with Crippen LogP contribution in [-0.4, -0.2) is 36.2 Å². The highest BCUT2D eigenvalue weighted by Gasteiger charge is 2.29. The maximum absolute atomic E-state index is 3.64. The number of thioether (sulfide) groups is 1. The van der Waals surface area contributed by atoms with Gasteiger partial charge in [0.15, 0.2) is 0 Å². The smallest absolute Gasteiger partial charge is 0.0256 e. The van der Waals surface area contributed by atoms with E-state index in [2.05, 4.69) is 43.2 Å². The molecule has 0 aromatic carbocycles. The van der Waals surface area contributed by atoms with E-state index in [-0.39, 0.29) is 0 Å². The molecule has 2 nitrogen and oxygen atoms in total. The van der Waals surface area contributed by atoms with Crippen LogP contribution in [-0.2, 0) is 0 Å². The Labute approximate surface area is 99.0 Å². The lowest BCUT2D eigenvalue weighted by Crippen LogP contribution is -2.42. The maximum Gasteiger partial charge on any atom is 0.0256 e. The number of hydrogen-bond acceptors (Lipinski definition) is 3. The molecule has 0 aromatic heterocycles. The summed E-state index contributed by atoms with van der Waals surface area (Å²) in [5.74, 6) is 1.35. The van der Waals surface area contributed by atoms with E-state index in [0.717, 1.165) is 19.6 Å². The van der Waals surface area contributed by atoms with Gasteiger partial charge in [-0.25, -0.2) is 0 Å². The molecule has 3 heteroatoms. The molecule has 1 heterocycles. The second kappa shape index (κ2) is 6.77. The highest BCUT2D eigenvalue weighted by Crippen LogP contribution is 2.36. The molecule has 1 aliphatic heterocycles. The van der Waals surface area contributed by atoms with Crippen molar-refractivity contribution in [2.75, 3.05) is 25.4 Å². The Morgan fingerprint density at radius 1 is 1.47 bits per heavy atom. The molecule has 2 atom stereocenters. The van der Waals surface area contributed by atoms with E-state index in [9.17, 15) is 0 Å². The van der Waals surface area contributed by atoms with Gasteiger partial charge in [0.1, 0.15) is 0 Å². The zero-order valence-corrected chi connectivity index (χ0v) is 11.3. The summed E-state index contributed by atoms with van der Waals surface area (Å²) < 4.78 is 0.499. The molecule has 0 radical (unpaired) electrons. The van der Waals surface area contributed by atoms with Crippen LogP contribution in [0.1, 0.15) is 40.0 Å². The molecule has 1 saturated heterocycles. The number of hydrogen-bond donors (Lipinski definition) is 2. The monoisotopic (exact) mass is 230 g/mol. The van der Waals surface area contributed by atoms with Crippen molar-refractivity contribution >= 4 is 11.8 Å². The predicted molar refractivity (Wildman–Crippen MR) is 70.7 cm³/mol. The summed E-state index contributed by atoms with van der Waals surface area (Å²) in [6.07, 6.45) is 3.99. The minimum atomic E-state index is 0.499. The zero-order chi connectivity index (χ0) is 11.1. The van der Waals surface area contributed by atoms with Crippen LogP contribution in [0.15, 0.2) is 0 Å². The van der Waals surface area contributed by atoms with Crippen molar-refractivity contribution in [1.29, 1.82) is 0 Å². The van der Waals surface area contributed by atoms with E-state index in [4.69, 9.17) is 0 Å². The second-order valence-electron chi connectivity index (χ2n) is 4.89. The van der Waals surface area contributed by atoms with Crippen molar-refractivity contribution in [2.24, 2.45) is 0 Å². The van der Waals surface area contributed by atoms with Gasteiger partial charge in [-0.15, -0.1) is 0 Å². The first-order valence-corrected chi connectivity index (χ1v) is 7.23. The van der Waals surface area contributed by atoms with E-state index < -0.39 is 0 Å². The molecule has 0 bridgehead atoms. The first kappa shape index (κ1) is 13.3. The molecular weight excluding hydrogens is 204 g/mol. The molecule has 2 N–H and O–H groups in total. The normalized spacial score (nSPS) is 28.2.